The van der Waals surface area contributed by atoms with Crippen LogP contribution in [0, 0.1) is 0 Å². The van der Waals surface area contributed by atoms with Gasteiger partial charge >= 0.3 is 0 Å². The second-order valence-corrected chi connectivity index (χ2v) is 3.18. The van der Waals surface area contributed by atoms with E-state index in [1.807, 2.05) is 23.8 Å². The standard InChI is InChI=1S/C7H10N2S2/c1-2-8-7(10)9-6-3-4-11-5-6/h3-5H,2H2,1H3,(H2,8,9,10). The Balaban J connectivity index is 2.37. The molecule has 1 aromatic rings. The summed E-state index contributed by atoms with van der Waals surface area (Å²) in [5.74, 6) is 0. The molecule has 0 fully saturated rings. The van der Waals surface area contributed by atoms with Gasteiger partial charge in [0.25, 0.3) is 0 Å². The highest BCUT2D eigenvalue weighted by atomic mass is 32.1. The van der Waals surface area contributed by atoms with Crippen LogP contribution in [0.2, 0.25) is 0 Å². The second-order valence-electron chi connectivity index (χ2n) is 2.00. The smallest absolute Gasteiger partial charge is 0.170 e. The molecule has 0 aliphatic heterocycles. The first-order chi connectivity index (χ1) is 5.33. The molecule has 0 unspecified atom stereocenters. The number of nitrogens with one attached hydrogen (secondary N) is 2. The van der Waals surface area contributed by atoms with Crippen molar-refractivity contribution in [2.75, 3.05) is 11.9 Å². The molecule has 1 aromatic heterocycles. The quantitative estimate of drug-likeness (QED) is 0.691. The minimum absolute atomic E-state index is 0.686. The van der Waals surface area contributed by atoms with Gasteiger partial charge in [-0.15, -0.1) is 0 Å². The molecule has 1 rings (SSSR count). The van der Waals surface area contributed by atoms with E-state index in [-0.39, 0.29) is 0 Å². The van der Waals surface area contributed by atoms with Crippen LogP contribution in [0.15, 0.2) is 16.8 Å². The maximum Gasteiger partial charge on any atom is 0.170 e. The van der Waals surface area contributed by atoms with Gasteiger partial charge in [-0.05, 0) is 30.6 Å². The highest BCUT2D eigenvalue weighted by Gasteiger charge is 1.93. The zero-order chi connectivity index (χ0) is 8.10. The van der Waals surface area contributed by atoms with Crippen LogP contribution in [-0.4, -0.2) is 11.7 Å². The fourth-order valence-electron chi connectivity index (χ4n) is 0.671. The molecule has 60 valence electrons. The lowest BCUT2D eigenvalue weighted by molar-refractivity contribution is 0.980. The van der Waals surface area contributed by atoms with Gasteiger partial charge in [-0.3, -0.25) is 0 Å². The molecule has 0 radical (unpaired) electrons. The van der Waals surface area contributed by atoms with Crippen LogP contribution in [0.3, 0.4) is 0 Å². The summed E-state index contributed by atoms with van der Waals surface area (Å²) in [6.45, 7) is 2.87. The highest BCUT2D eigenvalue weighted by Crippen LogP contribution is 2.10. The highest BCUT2D eigenvalue weighted by molar-refractivity contribution is 7.80. The third-order valence-corrected chi connectivity index (χ3v) is 2.05. The third-order valence-electron chi connectivity index (χ3n) is 1.12. The lowest BCUT2D eigenvalue weighted by Gasteiger charge is -2.05. The Kier molecular flexibility index (Phi) is 3.32. The van der Waals surface area contributed by atoms with Crippen molar-refractivity contribution in [3.8, 4) is 0 Å². The molecule has 4 heteroatoms. The monoisotopic (exact) mass is 186 g/mol. The summed E-state index contributed by atoms with van der Waals surface area (Å²) in [6.07, 6.45) is 0. The Morgan fingerprint density at radius 3 is 3.09 bits per heavy atom. The number of thiophene rings is 1. The van der Waals surface area contributed by atoms with E-state index in [1.165, 1.54) is 0 Å². The topological polar surface area (TPSA) is 24.1 Å². The Morgan fingerprint density at radius 2 is 2.55 bits per heavy atom. The van der Waals surface area contributed by atoms with Crippen molar-refractivity contribution in [2.24, 2.45) is 0 Å². The van der Waals surface area contributed by atoms with E-state index >= 15 is 0 Å². The SMILES string of the molecule is CCNC(=S)Nc1ccsc1. The largest absolute Gasteiger partial charge is 0.363 e. The van der Waals surface area contributed by atoms with E-state index in [9.17, 15) is 0 Å². The molecule has 2 nitrogen and oxygen atoms in total. The fourth-order valence-corrected chi connectivity index (χ4v) is 1.52. The molecule has 11 heavy (non-hydrogen) atoms. The van der Waals surface area contributed by atoms with Crippen molar-refractivity contribution in [2.45, 2.75) is 6.92 Å². The van der Waals surface area contributed by atoms with Crippen molar-refractivity contribution in [1.82, 2.24) is 5.32 Å². The summed E-state index contributed by atoms with van der Waals surface area (Å²) in [5.41, 5.74) is 1.06. The van der Waals surface area contributed by atoms with Gasteiger partial charge in [0.1, 0.15) is 0 Å². The first-order valence-electron chi connectivity index (χ1n) is 3.40. The van der Waals surface area contributed by atoms with Gasteiger partial charge in [0, 0.05) is 11.9 Å². The van der Waals surface area contributed by atoms with Crippen LogP contribution >= 0.6 is 23.6 Å². The first kappa shape index (κ1) is 8.49. The van der Waals surface area contributed by atoms with Gasteiger partial charge in [0.2, 0.25) is 0 Å². The van der Waals surface area contributed by atoms with Crippen molar-refractivity contribution < 1.29 is 0 Å². The number of rotatable bonds is 2. The molecule has 0 saturated carbocycles. The molecule has 2 N–H and O–H groups in total. The van der Waals surface area contributed by atoms with Crippen LogP contribution in [0.1, 0.15) is 6.92 Å². The first-order valence-corrected chi connectivity index (χ1v) is 4.75. The second kappa shape index (κ2) is 4.31. The summed E-state index contributed by atoms with van der Waals surface area (Å²) < 4.78 is 0. The fraction of sp³-hybridized carbons (Fsp3) is 0.286. The predicted molar refractivity (Wildman–Crippen MR) is 54.2 cm³/mol. The Morgan fingerprint density at radius 1 is 1.73 bits per heavy atom. The van der Waals surface area contributed by atoms with Gasteiger partial charge in [-0.2, -0.15) is 11.3 Å². The van der Waals surface area contributed by atoms with E-state index in [4.69, 9.17) is 12.2 Å². The molecule has 0 atom stereocenters. The number of anilines is 1. The maximum absolute atomic E-state index is 4.98. The van der Waals surface area contributed by atoms with Crippen molar-refractivity contribution >= 4 is 34.4 Å². The average Bonchev–Trinajstić information content (AvgIpc) is 2.40. The zero-order valence-corrected chi connectivity index (χ0v) is 7.89. The van der Waals surface area contributed by atoms with Gasteiger partial charge < -0.3 is 10.6 Å². The lowest BCUT2D eigenvalue weighted by atomic mass is 10.5. The molecule has 1 heterocycles. The van der Waals surface area contributed by atoms with Crippen LogP contribution in [0.25, 0.3) is 0 Å². The van der Waals surface area contributed by atoms with Crippen LogP contribution in [0.4, 0.5) is 5.69 Å². The minimum atomic E-state index is 0.686. The Labute approximate surface area is 75.6 Å². The molecule has 0 amide bonds. The third kappa shape index (κ3) is 2.86. The summed E-state index contributed by atoms with van der Waals surface area (Å²) >= 11 is 6.63. The van der Waals surface area contributed by atoms with Crippen molar-refractivity contribution in [3.05, 3.63) is 16.8 Å². The number of hydrogen-bond acceptors (Lipinski definition) is 2. The lowest BCUT2D eigenvalue weighted by Crippen LogP contribution is -2.27. The van der Waals surface area contributed by atoms with Crippen molar-refractivity contribution in [3.63, 3.8) is 0 Å². The molecule has 0 saturated heterocycles. The van der Waals surface area contributed by atoms with Gasteiger partial charge in [-0.25, -0.2) is 0 Å². The van der Waals surface area contributed by atoms with E-state index in [1.54, 1.807) is 11.3 Å². The van der Waals surface area contributed by atoms with Crippen LogP contribution < -0.4 is 10.6 Å². The summed E-state index contributed by atoms with van der Waals surface area (Å²) in [5, 5.41) is 10.8. The van der Waals surface area contributed by atoms with Gasteiger partial charge in [0.15, 0.2) is 5.11 Å². The molecule has 0 spiro atoms. The zero-order valence-electron chi connectivity index (χ0n) is 6.26. The minimum Gasteiger partial charge on any atom is -0.363 e. The van der Waals surface area contributed by atoms with E-state index < -0.39 is 0 Å². The molecule has 0 aliphatic carbocycles. The normalized spacial score (nSPS) is 9.18. The van der Waals surface area contributed by atoms with E-state index in [0.29, 0.717) is 5.11 Å². The predicted octanol–water partition coefficient (Wildman–Crippen LogP) is 2.05. The van der Waals surface area contributed by atoms with Gasteiger partial charge in [0.05, 0.1) is 5.69 Å². The van der Waals surface area contributed by atoms with Gasteiger partial charge in [-0.1, -0.05) is 0 Å². The van der Waals surface area contributed by atoms with E-state index in [2.05, 4.69) is 10.6 Å². The molecule has 0 bridgehead atoms. The average molecular weight is 186 g/mol. The van der Waals surface area contributed by atoms with Crippen LogP contribution in [0.5, 0.6) is 0 Å². The van der Waals surface area contributed by atoms with E-state index in [0.717, 1.165) is 12.2 Å². The Hall–Kier alpha value is -0.610. The molecular weight excluding hydrogens is 176 g/mol. The number of hydrogen-bond donors (Lipinski definition) is 2. The molecular formula is C7H10N2S2. The van der Waals surface area contributed by atoms with Crippen molar-refractivity contribution in [1.29, 1.82) is 0 Å². The number of thiocarbonyl (C=S) groups is 1. The molecule has 0 aromatic carbocycles. The maximum atomic E-state index is 4.98. The summed E-state index contributed by atoms with van der Waals surface area (Å²) in [4.78, 5) is 0. The summed E-state index contributed by atoms with van der Waals surface area (Å²) in [6, 6.07) is 1.99. The Bertz CT molecular complexity index is 218. The summed E-state index contributed by atoms with van der Waals surface area (Å²) in [7, 11) is 0. The van der Waals surface area contributed by atoms with Crippen LogP contribution in [-0.2, 0) is 0 Å². The molecule has 0 aliphatic rings.